The zero-order valence-electron chi connectivity index (χ0n) is 18.2. The van der Waals surface area contributed by atoms with E-state index in [0.29, 0.717) is 13.0 Å². The van der Waals surface area contributed by atoms with E-state index in [1.165, 1.54) is 0 Å². The van der Waals surface area contributed by atoms with Crippen molar-refractivity contribution in [1.29, 1.82) is 0 Å². The van der Waals surface area contributed by atoms with E-state index in [1.54, 1.807) is 11.3 Å². The molecule has 1 aromatic heterocycles. The molecule has 31 heavy (non-hydrogen) atoms. The number of piperazine rings is 1. The number of nitrogens with zero attached hydrogens (tertiary/aromatic N) is 4. The van der Waals surface area contributed by atoms with Gasteiger partial charge in [-0.2, -0.15) is 0 Å². The molecule has 0 spiro atoms. The van der Waals surface area contributed by atoms with Crippen molar-refractivity contribution < 1.29 is 9.59 Å². The van der Waals surface area contributed by atoms with Gasteiger partial charge in [-0.3, -0.25) is 19.4 Å². The highest BCUT2D eigenvalue weighted by Crippen LogP contribution is 2.17. The molecule has 0 atom stereocenters. The van der Waals surface area contributed by atoms with Crippen LogP contribution in [0.4, 0.5) is 5.69 Å². The van der Waals surface area contributed by atoms with Gasteiger partial charge in [-0.15, -0.1) is 11.3 Å². The first-order valence-electron chi connectivity index (χ1n) is 11.1. The zero-order chi connectivity index (χ0) is 21.6. The van der Waals surface area contributed by atoms with Crippen molar-refractivity contribution >= 4 is 28.8 Å². The van der Waals surface area contributed by atoms with Crippen molar-refractivity contribution in [1.82, 2.24) is 19.7 Å². The Hall–Kier alpha value is -2.29. The van der Waals surface area contributed by atoms with Crippen molar-refractivity contribution in [2.45, 2.75) is 32.7 Å². The molecule has 0 bridgehead atoms. The van der Waals surface area contributed by atoms with E-state index in [9.17, 15) is 9.59 Å². The first kappa shape index (κ1) is 21.9. The fourth-order valence-electron chi connectivity index (χ4n) is 4.14. The Kier molecular flexibility index (Phi) is 7.32. The fourth-order valence-corrected chi connectivity index (χ4v) is 4.92. The van der Waals surface area contributed by atoms with Gasteiger partial charge >= 0.3 is 0 Å². The number of para-hydroxylation sites is 1. The Morgan fingerprint density at radius 3 is 2.48 bits per heavy atom. The van der Waals surface area contributed by atoms with E-state index in [1.807, 2.05) is 36.1 Å². The quantitative estimate of drug-likeness (QED) is 0.715. The van der Waals surface area contributed by atoms with Gasteiger partial charge in [0.1, 0.15) is 5.01 Å². The molecule has 4 rings (SSSR count). The minimum atomic E-state index is -0.0357. The summed E-state index contributed by atoms with van der Waals surface area (Å²) in [6.45, 7) is 8.88. The lowest BCUT2D eigenvalue weighted by atomic mass is 10.2. The van der Waals surface area contributed by atoms with Crippen LogP contribution in [-0.2, 0) is 22.6 Å². The number of aromatic nitrogens is 1. The second-order valence-corrected chi connectivity index (χ2v) is 9.36. The lowest BCUT2D eigenvalue weighted by Crippen LogP contribution is -2.49. The molecule has 2 amide bonds. The number of anilines is 1. The van der Waals surface area contributed by atoms with Crippen LogP contribution in [0.25, 0.3) is 0 Å². The molecule has 166 valence electrons. The van der Waals surface area contributed by atoms with Gasteiger partial charge in [0.15, 0.2) is 0 Å². The normalized spacial score (nSPS) is 17.8. The van der Waals surface area contributed by atoms with Crippen molar-refractivity contribution in [3.05, 3.63) is 45.9 Å². The largest absolute Gasteiger partial charge is 0.342 e. The Bertz CT molecular complexity index is 901. The number of rotatable bonds is 7. The van der Waals surface area contributed by atoms with Crippen molar-refractivity contribution in [2.24, 2.45) is 0 Å². The number of amides is 2. The monoisotopic (exact) mass is 441 g/mol. The van der Waals surface area contributed by atoms with E-state index in [4.69, 9.17) is 0 Å². The third-order valence-electron chi connectivity index (χ3n) is 6.00. The third kappa shape index (κ3) is 6.12. The number of hydrogen-bond donors (Lipinski definition) is 1. The summed E-state index contributed by atoms with van der Waals surface area (Å²) in [4.78, 5) is 36.0. The average Bonchev–Trinajstić information content (AvgIpc) is 3.44. The van der Waals surface area contributed by atoms with Gasteiger partial charge in [0.25, 0.3) is 0 Å². The SMILES string of the molecule is Cc1ccccc1NC(=O)Cc1nc(CN2CCN(CC(=O)N3CCCC3)CC2)cs1. The maximum atomic E-state index is 12.4. The zero-order valence-corrected chi connectivity index (χ0v) is 19.0. The summed E-state index contributed by atoms with van der Waals surface area (Å²) in [5.74, 6) is 0.241. The minimum absolute atomic E-state index is 0.0357. The molecule has 2 aliphatic heterocycles. The van der Waals surface area contributed by atoms with Crippen LogP contribution in [0.5, 0.6) is 0 Å². The average molecular weight is 442 g/mol. The molecule has 0 aliphatic carbocycles. The second kappa shape index (κ2) is 10.3. The van der Waals surface area contributed by atoms with Crippen LogP contribution in [0.15, 0.2) is 29.6 Å². The summed E-state index contributed by atoms with van der Waals surface area (Å²) in [7, 11) is 0. The lowest BCUT2D eigenvalue weighted by molar-refractivity contribution is -0.131. The number of carbonyl (C=O) groups excluding carboxylic acids is 2. The molecule has 2 fully saturated rings. The topological polar surface area (TPSA) is 68.8 Å². The summed E-state index contributed by atoms with van der Waals surface area (Å²) < 4.78 is 0. The number of hydrogen-bond acceptors (Lipinski definition) is 6. The molecular weight excluding hydrogens is 410 g/mol. The number of thiazole rings is 1. The highest BCUT2D eigenvalue weighted by atomic mass is 32.1. The van der Waals surface area contributed by atoms with Crippen LogP contribution in [0.3, 0.4) is 0 Å². The molecule has 0 unspecified atom stereocenters. The van der Waals surface area contributed by atoms with Gasteiger partial charge in [-0.25, -0.2) is 4.98 Å². The Morgan fingerprint density at radius 1 is 1.03 bits per heavy atom. The number of benzene rings is 1. The minimum Gasteiger partial charge on any atom is -0.342 e. The van der Waals surface area contributed by atoms with Crippen LogP contribution < -0.4 is 5.32 Å². The summed E-state index contributed by atoms with van der Waals surface area (Å²) >= 11 is 1.55. The molecular formula is C23H31N5O2S. The van der Waals surface area contributed by atoms with Crippen LogP contribution in [0.2, 0.25) is 0 Å². The Morgan fingerprint density at radius 2 is 1.74 bits per heavy atom. The van der Waals surface area contributed by atoms with Gasteiger partial charge in [0.05, 0.1) is 18.7 Å². The van der Waals surface area contributed by atoms with Crippen LogP contribution in [0, 0.1) is 6.92 Å². The summed E-state index contributed by atoms with van der Waals surface area (Å²) in [5.41, 5.74) is 2.92. The van der Waals surface area contributed by atoms with Crippen molar-refractivity contribution in [3.63, 3.8) is 0 Å². The van der Waals surface area contributed by atoms with Crippen molar-refractivity contribution in [2.75, 3.05) is 51.1 Å². The van der Waals surface area contributed by atoms with Gasteiger partial charge in [0.2, 0.25) is 11.8 Å². The van der Waals surface area contributed by atoms with Crippen molar-refractivity contribution in [3.8, 4) is 0 Å². The molecule has 1 aromatic carbocycles. The molecule has 2 saturated heterocycles. The Labute approximate surface area is 188 Å². The molecule has 8 heteroatoms. The summed E-state index contributed by atoms with van der Waals surface area (Å²) in [5, 5.41) is 5.87. The van der Waals surface area contributed by atoms with Gasteiger partial charge in [-0.05, 0) is 31.4 Å². The van der Waals surface area contributed by atoms with E-state index < -0.39 is 0 Å². The predicted octanol–water partition coefficient (Wildman–Crippen LogP) is 2.37. The third-order valence-corrected chi connectivity index (χ3v) is 6.90. The first-order chi connectivity index (χ1) is 15.1. The molecule has 2 aromatic rings. The van der Waals surface area contributed by atoms with E-state index in [2.05, 4.69) is 25.5 Å². The Balaban J connectivity index is 1.20. The highest BCUT2D eigenvalue weighted by Gasteiger charge is 2.23. The molecule has 7 nitrogen and oxygen atoms in total. The smallest absolute Gasteiger partial charge is 0.236 e. The standard InChI is InChI=1S/C23H31N5O2S/c1-18-6-2-3-7-20(18)25-21(29)14-22-24-19(17-31-22)15-26-10-12-27(13-11-26)16-23(30)28-8-4-5-9-28/h2-3,6-7,17H,4-5,8-16H2,1H3,(H,25,29). The first-order valence-corrected chi connectivity index (χ1v) is 12.0. The van der Waals surface area contributed by atoms with E-state index >= 15 is 0 Å². The maximum absolute atomic E-state index is 12.4. The molecule has 0 radical (unpaired) electrons. The van der Waals surface area contributed by atoms with Crippen LogP contribution >= 0.6 is 11.3 Å². The molecule has 0 saturated carbocycles. The van der Waals surface area contributed by atoms with Crippen LogP contribution in [0.1, 0.15) is 29.1 Å². The van der Waals surface area contributed by atoms with E-state index in [0.717, 1.165) is 80.6 Å². The van der Waals surface area contributed by atoms with Crippen LogP contribution in [-0.4, -0.2) is 77.3 Å². The molecule has 1 N–H and O–H groups in total. The van der Waals surface area contributed by atoms with Gasteiger partial charge in [0, 0.05) is 56.9 Å². The number of likely N-dealkylation sites (tertiary alicyclic amines) is 1. The van der Waals surface area contributed by atoms with Gasteiger partial charge < -0.3 is 10.2 Å². The molecule has 2 aliphatic rings. The lowest BCUT2D eigenvalue weighted by Gasteiger charge is -2.34. The number of nitrogens with one attached hydrogen (secondary N) is 1. The predicted molar refractivity (Wildman–Crippen MR) is 123 cm³/mol. The highest BCUT2D eigenvalue weighted by molar-refractivity contribution is 7.09. The summed E-state index contributed by atoms with van der Waals surface area (Å²) in [6, 6.07) is 7.79. The maximum Gasteiger partial charge on any atom is 0.236 e. The number of carbonyl (C=O) groups is 2. The fraction of sp³-hybridized carbons (Fsp3) is 0.522. The van der Waals surface area contributed by atoms with E-state index in [-0.39, 0.29) is 11.8 Å². The number of aryl methyl sites for hydroxylation is 1. The molecule has 3 heterocycles. The summed E-state index contributed by atoms with van der Waals surface area (Å²) in [6.07, 6.45) is 2.58. The van der Waals surface area contributed by atoms with Gasteiger partial charge in [-0.1, -0.05) is 18.2 Å². The second-order valence-electron chi connectivity index (χ2n) is 8.41.